The fourth-order valence-corrected chi connectivity index (χ4v) is 5.27. The summed E-state index contributed by atoms with van der Waals surface area (Å²) in [6.45, 7) is 11.3. The van der Waals surface area contributed by atoms with E-state index in [0.29, 0.717) is 21.5 Å². The molecule has 1 amide bonds. The van der Waals surface area contributed by atoms with Crippen molar-refractivity contribution in [3.8, 4) is 11.4 Å². The van der Waals surface area contributed by atoms with Gasteiger partial charge in [-0.15, -0.1) is 11.3 Å². The van der Waals surface area contributed by atoms with E-state index >= 15 is 0 Å². The van der Waals surface area contributed by atoms with E-state index in [-0.39, 0.29) is 42.1 Å². The molecular formula is C27H35ClFN3O5SSi. The molecule has 12 heteroatoms. The number of benzene rings is 1. The van der Waals surface area contributed by atoms with Crippen LogP contribution in [-0.4, -0.2) is 56.3 Å². The van der Waals surface area contributed by atoms with Gasteiger partial charge >= 0.3 is 0 Å². The van der Waals surface area contributed by atoms with Crippen molar-refractivity contribution < 1.29 is 23.5 Å². The molecular weight excluding hydrogens is 561 g/mol. The Bertz CT molecular complexity index is 1340. The lowest BCUT2D eigenvalue weighted by atomic mass is 10.2. The monoisotopic (exact) mass is 595 g/mol. The highest BCUT2D eigenvalue weighted by Gasteiger charge is 2.36. The molecule has 39 heavy (non-hydrogen) atoms. The first-order chi connectivity index (χ1) is 18.3. The Morgan fingerprint density at radius 1 is 1.18 bits per heavy atom. The minimum Gasteiger partial charge on any atom is -0.485 e. The molecule has 0 saturated carbocycles. The predicted molar refractivity (Wildman–Crippen MR) is 157 cm³/mol. The zero-order valence-corrected chi connectivity index (χ0v) is 25.3. The summed E-state index contributed by atoms with van der Waals surface area (Å²) < 4.78 is 28.4. The van der Waals surface area contributed by atoms with E-state index < -0.39 is 25.8 Å². The third-order valence-electron chi connectivity index (χ3n) is 6.58. The van der Waals surface area contributed by atoms with Gasteiger partial charge in [0.25, 0.3) is 11.5 Å². The topological polar surface area (TPSA) is 102 Å². The molecule has 0 aliphatic rings. The van der Waals surface area contributed by atoms with E-state index in [1.807, 2.05) is 0 Å². The quantitative estimate of drug-likeness (QED) is 0.194. The van der Waals surface area contributed by atoms with Gasteiger partial charge in [0.05, 0.1) is 33.3 Å². The van der Waals surface area contributed by atoms with E-state index in [1.54, 1.807) is 30.3 Å². The molecule has 0 aliphatic carbocycles. The fraction of sp³-hybridized carbons (Fsp3) is 0.407. The van der Waals surface area contributed by atoms with Crippen LogP contribution in [0.3, 0.4) is 0 Å². The fourth-order valence-electron chi connectivity index (χ4n) is 3.28. The number of anilines is 1. The highest BCUT2D eigenvalue weighted by atomic mass is 35.5. The number of nitrogens with one attached hydrogen (secondary N) is 2. The molecule has 2 heterocycles. The van der Waals surface area contributed by atoms with Crippen molar-refractivity contribution in [3.63, 3.8) is 0 Å². The standard InChI is InChI=1S/C27H35ClFN3O5SSi/c1-27(2,3)39(4,5)37-14-13-36-22-7-6-12-32(26(22)35)18-8-9-21(20(29)15-18)30-16-19(33)17-31-25(34)23-10-11-24(28)38-23/h6-12,15,19,30,33H,13-14,16-17H2,1-5H3,(H,31,34)/t19-/m1/s1. The zero-order valence-electron chi connectivity index (χ0n) is 22.7. The summed E-state index contributed by atoms with van der Waals surface area (Å²) >= 11 is 6.97. The van der Waals surface area contributed by atoms with Crippen molar-refractivity contribution in [1.29, 1.82) is 0 Å². The molecule has 8 nitrogen and oxygen atoms in total. The number of ether oxygens (including phenoxy) is 1. The van der Waals surface area contributed by atoms with Crippen LogP contribution in [0.1, 0.15) is 30.4 Å². The molecule has 3 aromatic rings. The van der Waals surface area contributed by atoms with Crippen molar-refractivity contribution in [2.45, 2.75) is 45.0 Å². The average molecular weight is 596 g/mol. The number of halogens is 2. The van der Waals surface area contributed by atoms with Gasteiger partial charge in [-0.1, -0.05) is 32.4 Å². The van der Waals surface area contributed by atoms with E-state index in [9.17, 15) is 19.1 Å². The number of aliphatic hydroxyl groups is 1. The first kappa shape index (κ1) is 30.8. The number of amides is 1. The molecule has 0 spiro atoms. The Kier molecular flexibility index (Phi) is 10.4. The Morgan fingerprint density at radius 3 is 2.56 bits per heavy atom. The van der Waals surface area contributed by atoms with Crippen molar-refractivity contribution in [3.05, 3.63) is 74.0 Å². The summed E-state index contributed by atoms with van der Waals surface area (Å²) in [5.74, 6) is -0.798. The van der Waals surface area contributed by atoms with Crippen molar-refractivity contribution in [2.75, 3.05) is 31.6 Å². The zero-order chi connectivity index (χ0) is 28.8. The third kappa shape index (κ3) is 8.39. The van der Waals surface area contributed by atoms with Crippen molar-refractivity contribution in [1.82, 2.24) is 9.88 Å². The van der Waals surface area contributed by atoms with Crippen LogP contribution in [0.2, 0.25) is 22.5 Å². The number of nitrogens with zero attached hydrogens (tertiary/aromatic N) is 1. The smallest absolute Gasteiger partial charge is 0.297 e. The highest BCUT2D eigenvalue weighted by molar-refractivity contribution is 7.18. The molecule has 1 atom stereocenters. The van der Waals surface area contributed by atoms with E-state index in [4.69, 9.17) is 20.8 Å². The number of rotatable bonds is 12. The highest BCUT2D eigenvalue weighted by Crippen LogP contribution is 2.36. The lowest BCUT2D eigenvalue weighted by Crippen LogP contribution is -2.41. The molecule has 0 bridgehead atoms. The number of carbonyl (C=O) groups is 1. The second kappa shape index (κ2) is 13.1. The molecule has 3 rings (SSSR count). The van der Waals surface area contributed by atoms with Crippen LogP contribution in [0.15, 0.2) is 53.5 Å². The minimum atomic E-state index is -1.92. The summed E-state index contributed by atoms with van der Waals surface area (Å²) in [5, 5.41) is 15.7. The molecule has 0 aliphatic heterocycles. The molecule has 0 unspecified atom stereocenters. The Morgan fingerprint density at radius 2 is 1.92 bits per heavy atom. The van der Waals surface area contributed by atoms with Crippen LogP contribution in [0.5, 0.6) is 5.75 Å². The summed E-state index contributed by atoms with van der Waals surface area (Å²) in [5.41, 5.74) is 0.0639. The predicted octanol–water partition coefficient (Wildman–Crippen LogP) is 5.29. The van der Waals surface area contributed by atoms with Gasteiger partial charge < -0.3 is 24.9 Å². The molecule has 2 aromatic heterocycles. The molecule has 0 saturated heterocycles. The van der Waals surface area contributed by atoms with Crippen molar-refractivity contribution >= 4 is 42.8 Å². The minimum absolute atomic E-state index is 0.00195. The normalized spacial score (nSPS) is 12.7. The molecule has 212 valence electrons. The summed E-state index contributed by atoms with van der Waals surface area (Å²) in [6.07, 6.45) is 0.580. The molecule has 3 N–H and O–H groups in total. The number of aliphatic hydroxyl groups excluding tert-OH is 1. The number of aromatic nitrogens is 1. The second-order valence-corrected chi connectivity index (χ2v) is 17.0. The van der Waals surface area contributed by atoms with Crippen LogP contribution in [0.25, 0.3) is 5.69 Å². The largest absolute Gasteiger partial charge is 0.485 e. The number of thiophene rings is 1. The summed E-state index contributed by atoms with van der Waals surface area (Å²) in [6, 6.07) is 10.7. The van der Waals surface area contributed by atoms with Gasteiger partial charge in [-0.25, -0.2) is 4.39 Å². The number of hydrogen-bond donors (Lipinski definition) is 3. The SMILES string of the molecule is CC(C)(C)[Si](C)(C)OCCOc1cccn(-c2ccc(NC[C@@H](O)CNC(=O)c3ccc(Cl)s3)c(F)c2)c1=O. The second-order valence-electron chi connectivity index (χ2n) is 10.5. The Balaban J connectivity index is 1.55. The lowest BCUT2D eigenvalue weighted by Gasteiger charge is -2.36. The van der Waals surface area contributed by atoms with Gasteiger partial charge in [0.2, 0.25) is 0 Å². The van der Waals surface area contributed by atoms with Crippen LogP contribution < -0.4 is 20.9 Å². The Labute approximate surface area is 237 Å². The number of carbonyl (C=O) groups excluding carboxylic acids is 1. The third-order valence-corrected chi connectivity index (χ3v) is 12.3. The van der Waals surface area contributed by atoms with Gasteiger partial charge in [-0.2, -0.15) is 0 Å². The first-order valence-corrected chi connectivity index (χ1v) is 16.6. The summed E-state index contributed by atoms with van der Waals surface area (Å²) in [4.78, 5) is 25.5. The van der Waals surface area contributed by atoms with Crippen LogP contribution in [-0.2, 0) is 4.43 Å². The van der Waals surface area contributed by atoms with Crippen molar-refractivity contribution in [2.24, 2.45) is 0 Å². The van der Waals surface area contributed by atoms with Crippen LogP contribution in [0.4, 0.5) is 10.1 Å². The molecule has 0 radical (unpaired) electrons. The van der Waals surface area contributed by atoms with Crippen LogP contribution in [0, 0.1) is 5.82 Å². The maximum Gasteiger partial charge on any atom is 0.297 e. The summed E-state index contributed by atoms with van der Waals surface area (Å²) in [7, 11) is -1.92. The maximum atomic E-state index is 14.8. The van der Waals surface area contributed by atoms with E-state index in [1.165, 1.54) is 22.9 Å². The van der Waals surface area contributed by atoms with Gasteiger partial charge in [-0.05, 0) is 54.5 Å². The van der Waals surface area contributed by atoms with Gasteiger partial charge in [0, 0.05) is 25.4 Å². The molecule has 1 aromatic carbocycles. The van der Waals surface area contributed by atoms with E-state index in [0.717, 1.165) is 11.3 Å². The first-order valence-electron chi connectivity index (χ1n) is 12.5. The van der Waals surface area contributed by atoms with Gasteiger partial charge in [0.1, 0.15) is 12.4 Å². The van der Waals surface area contributed by atoms with Gasteiger partial charge in [-0.3, -0.25) is 14.2 Å². The van der Waals surface area contributed by atoms with Gasteiger partial charge in [0.15, 0.2) is 14.1 Å². The van der Waals surface area contributed by atoms with Crippen LogP contribution >= 0.6 is 22.9 Å². The number of pyridine rings is 1. The Hall–Kier alpha value is -2.70. The molecule has 0 fully saturated rings. The average Bonchev–Trinajstić information content (AvgIpc) is 3.31. The number of hydrogen-bond acceptors (Lipinski definition) is 7. The lowest BCUT2D eigenvalue weighted by molar-refractivity contribution is 0.0926. The maximum absolute atomic E-state index is 14.8. The van der Waals surface area contributed by atoms with E-state index in [2.05, 4.69) is 44.5 Å².